The predicted octanol–water partition coefficient (Wildman–Crippen LogP) is 2.05. The summed E-state index contributed by atoms with van der Waals surface area (Å²) in [4.78, 5) is 25.6. The van der Waals surface area contributed by atoms with Gasteiger partial charge in [0.05, 0.1) is 29.5 Å². The first-order valence-electron chi connectivity index (χ1n) is 6.58. The summed E-state index contributed by atoms with van der Waals surface area (Å²) in [6, 6.07) is 3.35. The van der Waals surface area contributed by atoms with Gasteiger partial charge in [-0.3, -0.25) is 9.59 Å². The zero-order chi connectivity index (χ0) is 15.6. The first-order valence-corrected chi connectivity index (χ1v) is 6.96. The molecule has 1 aromatic rings. The van der Waals surface area contributed by atoms with Crippen LogP contribution in [0.25, 0.3) is 0 Å². The number of nitrogens with one attached hydrogen (secondary N) is 1. The van der Waals surface area contributed by atoms with E-state index in [1.54, 1.807) is 0 Å². The number of rotatable bonds is 1. The highest BCUT2D eigenvalue weighted by Gasteiger charge is 2.32. The van der Waals surface area contributed by atoms with Crippen molar-refractivity contribution >= 4 is 29.1 Å². The lowest BCUT2D eigenvalue weighted by atomic mass is 10.1. The molecule has 7 heteroatoms. The van der Waals surface area contributed by atoms with Crippen molar-refractivity contribution in [3.05, 3.63) is 29.0 Å². The third kappa shape index (κ3) is 3.51. The Labute approximate surface area is 127 Å². The van der Waals surface area contributed by atoms with Crippen molar-refractivity contribution in [2.45, 2.75) is 26.0 Å². The number of amides is 2. The fraction of sp³-hybridized carbons (Fsp3) is 0.429. The maximum absolute atomic E-state index is 12.9. The molecule has 1 saturated heterocycles. The Morgan fingerprint density at radius 2 is 2.14 bits per heavy atom. The van der Waals surface area contributed by atoms with Crippen molar-refractivity contribution in [2.24, 2.45) is 0 Å². The number of anilines is 1. The first-order chi connectivity index (χ1) is 9.90. The maximum atomic E-state index is 12.9. The molecule has 1 heterocycles. The molecule has 0 aromatic heterocycles. The van der Waals surface area contributed by atoms with Gasteiger partial charge in [0.1, 0.15) is 5.82 Å². The number of carbonyl (C=O) groups is 2. The minimum absolute atomic E-state index is 0.0412. The Hall–Kier alpha value is -1.66. The molecule has 0 aliphatic carbocycles. The summed E-state index contributed by atoms with van der Waals surface area (Å²) in [7, 11) is 0. The summed E-state index contributed by atoms with van der Waals surface area (Å²) in [5.41, 5.74) is 0.199. The number of ether oxygens (including phenoxy) is 1. The molecule has 0 bridgehead atoms. The van der Waals surface area contributed by atoms with Crippen LogP contribution in [0, 0.1) is 5.82 Å². The van der Waals surface area contributed by atoms with Gasteiger partial charge in [-0.25, -0.2) is 4.39 Å². The number of hydrogen-bond acceptors (Lipinski definition) is 3. The van der Waals surface area contributed by atoms with E-state index in [4.69, 9.17) is 16.3 Å². The van der Waals surface area contributed by atoms with Gasteiger partial charge in [0, 0.05) is 6.54 Å². The molecule has 21 heavy (non-hydrogen) atoms. The monoisotopic (exact) mass is 314 g/mol. The van der Waals surface area contributed by atoms with Gasteiger partial charge in [0.2, 0.25) is 0 Å². The summed E-state index contributed by atoms with van der Waals surface area (Å²) in [6.07, 6.45) is -0.134. The molecule has 1 aromatic carbocycles. The second-order valence-corrected chi connectivity index (χ2v) is 5.30. The van der Waals surface area contributed by atoms with Crippen molar-refractivity contribution in [3.63, 3.8) is 0 Å². The molecular weight excluding hydrogens is 299 g/mol. The molecule has 0 unspecified atom stereocenters. The molecule has 1 fully saturated rings. The van der Waals surface area contributed by atoms with Crippen molar-refractivity contribution in [3.8, 4) is 0 Å². The summed E-state index contributed by atoms with van der Waals surface area (Å²) >= 11 is 5.82. The van der Waals surface area contributed by atoms with Crippen molar-refractivity contribution in [1.82, 2.24) is 4.90 Å². The van der Waals surface area contributed by atoms with Gasteiger partial charge in [-0.05, 0) is 32.0 Å². The Kier molecular flexibility index (Phi) is 4.80. The fourth-order valence-electron chi connectivity index (χ4n) is 2.12. The number of benzene rings is 1. The standard InChI is InChI=1S/C14H16ClFN2O3/c1-8-9(2)21-6-5-18(8)14(20)13(19)17-12-4-3-10(16)7-11(12)15/h3-4,7-9H,5-6H2,1-2H3,(H,17,19)/t8-,9-/m0/s1. The van der Waals surface area contributed by atoms with E-state index in [0.29, 0.717) is 13.2 Å². The molecular formula is C14H16ClFN2O3. The van der Waals surface area contributed by atoms with Gasteiger partial charge in [-0.2, -0.15) is 0 Å². The molecule has 5 nitrogen and oxygen atoms in total. The van der Waals surface area contributed by atoms with Gasteiger partial charge < -0.3 is 15.0 Å². The summed E-state index contributed by atoms with van der Waals surface area (Å²) in [5, 5.41) is 2.44. The van der Waals surface area contributed by atoms with Crippen LogP contribution in [-0.4, -0.2) is 42.0 Å². The largest absolute Gasteiger partial charge is 0.375 e. The maximum Gasteiger partial charge on any atom is 0.313 e. The molecule has 1 aliphatic heterocycles. The first kappa shape index (κ1) is 15.7. The van der Waals surface area contributed by atoms with Crippen LogP contribution in [-0.2, 0) is 14.3 Å². The van der Waals surface area contributed by atoms with Crippen molar-refractivity contribution < 1.29 is 18.7 Å². The third-order valence-electron chi connectivity index (χ3n) is 3.52. The number of morpholine rings is 1. The molecule has 2 amide bonds. The van der Waals surface area contributed by atoms with Crippen LogP contribution in [0.4, 0.5) is 10.1 Å². The van der Waals surface area contributed by atoms with E-state index < -0.39 is 17.6 Å². The molecule has 0 saturated carbocycles. The highest BCUT2D eigenvalue weighted by atomic mass is 35.5. The van der Waals surface area contributed by atoms with Crippen LogP contribution in [0.3, 0.4) is 0 Å². The third-order valence-corrected chi connectivity index (χ3v) is 3.83. The van der Waals surface area contributed by atoms with E-state index in [1.807, 2.05) is 13.8 Å². The summed E-state index contributed by atoms with van der Waals surface area (Å²) in [6.45, 7) is 4.41. The Balaban J connectivity index is 2.07. The van der Waals surface area contributed by atoms with Crippen LogP contribution >= 0.6 is 11.6 Å². The fourth-order valence-corrected chi connectivity index (χ4v) is 2.33. The second-order valence-electron chi connectivity index (χ2n) is 4.89. The highest BCUT2D eigenvalue weighted by molar-refractivity contribution is 6.41. The summed E-state index contributed by atoms with van der Waals surface area (Å²) in [5.74, 6) is -1.97. The van der Waals surface area contributed by atoms with Gasteiger partial charge >= 0.3 is 11.8 Å². The molecule has 114 valence electrons. The molecule has 0 spiro atoms. The van der Waals surface area contributed by atoms with E-state index in [9.17, 15) is 14.0 Å². The number of carbonyl (C=O) groups excluding carboxylic acids is 2. The Morgan fingerprint density at radius 3 is 2.81 bits per heavy atom. The lowest BCUT2D eigenvalue weighted by Gasteiger charge is -2.37. The van der Waals surface area contributed by atoms with Crippen molar-refractivity contribution in [2.75, 3.05) is 18.5 Å². The minimum Gasteiger partial charge on any atom is -0.375 e. The topological polar surface area (TPSA) is 58.6 Å². The number of hydrogen-bond donors (Lipinski definition) is 1. The lowest BCUT2D eigenvalue weighted by molar-refractivity contribution is -0.152. The molecule has 1 aliphatic rings. The number of nitrogens with zero attached hydrogens (tertiary/aromatic N) is 1. The SMILES string of the molecule is C[C@@H]1OCCN(C(=O)C(=O)Nc2ccc(F)cc2Cl)[C@H]1C. The quantitative estimate of drug-likeness (QED) is 0.807. The molecule has 2 atom stereocenters. The Morgan fingerprint density at radius 1 is 1.43 bits per heavy atom. The van der Waals surface area contributed by atoms with Crippen LogP contribution in [0.15, 0.2) is 18.2 Å². The second kappa shape index (κ2) is 6.41. The van der Waals surface area contributed by atoms with E-state index in [-0.39, 0.29) is 22.9 Å². The predicted molar refractivity (Wildman–Crippen MR) is 76.6 cm³/mol. The van der Waals surface area contributed by atoms with Gasteiger partial charge in [0.15, 0.2) is 0 Å². The van der Waals surface area contributed by atoms with E-state index >= 15 is 0 Å². The van der Waals surface area contributed by atoms with Crippen LogP contribution in [0.1, 0.15) is 13.8 Å². The smallest absolute Gasteiger partial charge is 0.313 e. The molecule has 1 N–H and O–H groups in total. The average Bonchev–Trinajstić information content (AvgIpc) is 2.44. The molecule has 0 radical (unpaired) electrons. The van der Waals surface area contributed by atoms with E-state index in [0.717, 1.165) is 12.1 Å². The molecule has 2 rings (SSSR count). The average molecular weight is 315 g/mol. The van der Waals surface area contributed by atoms with E-state index in [2.05, 4.69) is 5.32 Å². The van der Waals surface area contributed by atoms with E-state index in [1.165, 1.54) is 11.0 Å². The zero-order valence-corrected chi connectivity index (χ0v) is 12.5. The lowest BCUT2D eigenvalue weighted by Crippen LogP contribution is -2.54. The van der Waals surface area contributed by atoms with Crippen LogP contribution in [0.5, 0.6) is 0 Å². The van der Waals surface area contributed by atoms with Gasteiger partial charge in [-0.1, -0.05) is 11.6 Å². The van der Waals surface area contributed by atoms with Crippen LogP contribution < -0.4 is 5.32 Å². The van der Waals surface area contributed by atoms with Gasteiger partial charge in [-0.15, -0.1) is 0 Å². The summed E-state index contributed by atoms with van der Waals surface area (Å²) < 4.78 is 18.4. The normalized spacial score (nSPS) is 22.0. The Bertz CT molecular complexity index is 567. The number of halogens is 2. The highest BCUT2D eigenvalue weighted by Crippen LogP contribution is 2.22. The van der Waals surface area contributed by atoms with Crippen molar-refractivity contribution in [1.29, 1.82) is 0 Å². The van der Waals surface area contributed by atoms with Gasteiger partial charge in [0.25, 0.3) is 0 Å². The van der Waals surface area contributed by atoms with Crippen LogP contribution in [0.2, 0.25) is 5.02 Å². The minimum atomic E-state index is -0.801. The zero-order valence-electron chi connectivity index (χ0n) is 11.7.